The topological polar surface area (TPSA) is 110 Å². The molecule has 0 aromatic carbocycles. The van der Waals surface area contributed by atoms with Gasteiger partial charge in [0.25, 0.3) is 0 Å². The van der Waals surface area contributed by atoms with Crippen LogP contribution in [0.3, 0.4) is 0 Å². The molecule has 0 fully saturated rings. The van der Waals surface area contributed by atoms with Gasteiger partial charge in [-0.25, -0.2) is 0 Å². The first kappa shape index (κ1) is 9.35. The Morgan fingerprint density at radius 3 is 2.40 bits per heavy atom. The highest BCUT2D eigenvalue weighted by molar-refractivity contribution is 5.73. The third kappa shape index (κ3) is 3.39. The van der Waals surface area contributed by atoms with Crippen molar-refractivity contribution >= 4 is 5.97 Å². The molecule has 6 N–H and O–H groups in total. The van der Waals surface area contributed by atoms with Gasteiger partial charge in [0.1, 0.15) is 6.04 Å². The van der Waals surface area contributed by atoms with Crippen LogP contribution in [0.4, 0.5) is 0 Å². The first-order chi connectivity index (χ1) is 4.57. The number of hydrogen-bond donors (Lipinski definition) is 4. The van der Waals surface area contributed by atoms with Crippen LogP contribution in [-0.4, -0.2) is 34.9 Å². The summed E-state index contributed by atoms with van der Waals surface area (Å²) in [5.74, 6) is -1.12. The van der Waals surface area contributed by atoms with Crippen molar-refractivity contribution in [1.82, 2.24) is 0 Å². The zero-order valence-electron chi connectivity index (χ0n) is 5.53. The first-order valence-corrected chi connectivity index (χ1v) is 2.94. The van der Waals surface area contributed by atoms with Crippen LogP contribution in [0.2, 0.25) is 0 Å². The molecule has 0 aliphatic carbocycles. The molecule has 0 amide bonds. The van der Waals surface area contributed by atoms with Crippen molar-refractivity contribution in [2.24, 2.45) is 11.5 Å². The Morgan fingerprint density at radius 1 is 1.60 bits per heavy atom. The molecule has 5 nitrogen and oxygen atoms in total. The van der Waals surface area contributed by atoms with Gasteiger partial charge < -0.3 is 21.7 Å². The van der Waals surface area contributed by atoms with Crippen molar-refractivity contribution in [3.63, 3.8) is 0 Å². The monoisotopic (exact) mass is 148 g/mol. The van der Waals surface area contributed by atoms with Gasteiger partial charge in [-0.1, -0.05) is 0 Å². The second kappa shape index (κ2) is 4.21. The van der Waals surface area contributed by atoms with Crippen molar-refractivity contribution < 1.29 is 15.0 Å². The van der Waals surface area contributed by atoms with Crippen LogP contribution in [0.15, 0.2) is 0 Å². The molecule has 0 saturated carbocycles. The molecule has 0 spiro atoms. The molecule has 2 unspecified atom stereocenters. The van der Waals surface area contributed by atoms with Crippen LogP contribution in [0.5, 0.6) is 0 Å². The Hall–Kier alpha value is -0.650. The highest BCUT2D eigenvalue weighted by atomic mass is 16.4. The number of hydrogen-bond acceptors (Lipinski definition) is 4. The summed E-state index contributed by atoms with van der Waals surface area (Å²) in [7, 11) is 0. The molecule has 0 aromatic rings. The van der Waals surface area contributed by atoms with Crippen molar-refractivity contribution in [2.45, 2.75) is 18.6 Å². The summed E-state index contributed by atoms with van der Waals surface area (Å²) in [5, 5.41) is 17.1. The third-order valence-corrected chi connectivity index (χ3v) is 1.12. The van der Waals surface area contributed by atoms with Gasteiger partial charge >= 0.3 is 5.97 Å². The van der Waals surface area contributed by atoms with E-state index in [0.29, 0.717) is 0 Å². The third-order valence-electron chi connectivity index (χ3n) is 1.12. The minimum absolute atomic E-state index is 0.00579. The van der Waals surface area contributed by atoms with Gasteiger partial charge in [0.05, 0.1) is 6.10 Å². The Kier molecular flexibility index (Phi) is 3.94. The fraction of sp³-hybridized carbons (Fsp3) is 0.800. The Balaban J connectivity index is 3.56. The number of nitrogens with two attached hydrogens (primary N) is 2. The van der Waals surface area contributed by atoms with E-state index < -0.39 is 18.1 Å². The van der Waals surface area contributed by atoms with E-state index in [4.69, 9.17) is 21.7 Å². The van der Waals surface area contributed by atoms with Crippen molar-refractivity contribution in [3.05, 3.63) is 0 Å². The lowest BCUT2D eigenvalue weighted by Gasteiger charge is -2.09. The predicted octanol–water partition coefficient (Wildman–Crippen LogP) is -1.89. The Bertz CT molecular complexity index is 117. The number of aliphatic carboxylic acids is 1. The van der Waals surface area contributed by atoms with E-state index in [2.05, 4.69) is 0 Å². The minimum Gasteiger partial charge on any atom is -0.480 e. The van der Waals surface area contributed by atoms with Crippen LogP contribution in [0.1, 0.15) is 6.42 Å². The summed E-state index contributed by atoms with van der Waals surface area (Å²) in [5.41, 5.74) is 10.1. The number of rotatable bonds is 4. The van der Waals surface area contributed by atoms with E-state index in [1.165, 1.54) is 0 Å². The minimum atomic E-state index is -1.12. The highest BCUT2D eigenvalue weighted by Gasteiger charge is 2.15. The SMILES string of the molecule is NCC(O)CC(N)C(=O)O. The average Bonchev–Trinajstić information content (AvgIpc) is 1.87. The van der Waals surface area contributed by atoms with Gasteiger partial charge in [0.2, 0.25) is 0 Å². The number of aliphatic hydroxyl groups excluding tert-OH is 1. The van der Waals surface area contributed by atoms with Gasteiger partial charge in [-0.05, 0) is 0 Å². The zero-order valence-corrected chi connectivity index (χ0v) is 5.53. The summed E-state index contributed by atoms with van der Waals surface area (Å²) in [6.07, 6.45) is -0.808. The maximum Gasteiger partial charge on any atom is 0.320 e. The molecule has 2 atom stereocenters. The lowest BCUT2D eigenvalue weighted by molar-refractivity contribution is -0.139. The normalized spacial score (nSPS) is 16.3. The molecule has 0 aromatic heterocycles. The van der Waals surface area contributed by atoms with Crippen molar-refractivity contribution in [3.8, 4) is 0 Å². The maximum absolute atomic E-state index is 10.1. The van der Waals surface area contributed by atoms with Crippen LogP contribution in [-0.2, 0) is 4.79 Å². The second-order valence-corrected chi connectivity index (χ2v) is 2.07. The van der Waals surface area contributed by atoms with Crippen LogP contribution < -0.4 is 11.5 Å². The van der Waals surface area contributed by atoms with Gasteiger partial charge in [-0.3, -0.25) is 4.79 Å². The largest absolute Gasteiger partial charge is 0.480 e. The van der Waals surface area contributed by atoms with Gasteiger partial charge in [0.15, 0.2) is 0 Å². The standard InChI is InChI=1S/C5H12N2O3/c6-2-3(8)1-4(7)5(9)10/h3-4,8H,1-2,6-7H2,(H,9,10). The van der Waals surface area contributed by atoms with E-state index in [0.717, 1.165) is 0 Å². The van der Waals surface area contributed by atoms with Crippen LogP contribution in [0, 0.1) is 0 Å². The van der Waals surface area contributed by atoms with E-state index in [-0.39, 0.29) is 13.0 Å². The zero-order chi connectivity index (χ0) is 8.15. The van der Waals surface area contributed by atoms with Crippen molar-refractivity contribution in [2.75, 3.05) is 6.54 Å². The number of carboxylic acid groups (broad SMARTS) is 1. The second-order valence-electron chi connectivity index (χ2n) is 2.07. The van der Waals surface area contributed by atoms with E-state index in [1.807, 2.05) is 0 Å². The summed E-state index contributed by atoms with van der Waals surface area (Å²) < 4.78 is 0. The van der Waals surface area contributed by atoms with Crippen LogP contribution in [0.25, 0.3) is 0 Å². The lowest BCUT2D eigenvalue weighted by atomic mass is 10.1. The fourth-order valence-electron chi connectivity index (χ4n) is 0.490. The number of carbonyl (C=O) groups is 1. The summed E-state index contributed by atoms with van der Waals surface area (Å²) in [6.45, 7) is 0.0426. The Morgan fingerprint density at radius 2 is 2.10 bits per heavy atom. The first-order valence-electron chi connectivity index (χ1n) is 2.94. The molecular weight excluding hydrogens is 136 g/mol. The fourth-order valence-corrected chi connectivity index (χ4v) is 0.490. The highest BCUT2D eigenvalue weighted by Crippen LogP contribution is 1.93. The molecular formula is C5H12N2O3. The number of carboxylic acids is 1. The molecule has 0 aliphatic heterocycles. The van der Waals surface area contributed by atoms with E-state index >= 15 is 0 Å². The summed E-state index contributed by atoms with van der Waals surface area (Å²) in [6, 6.07) is -1.02. The molecule has 5 heteroatoms. The predicted molar refractivity (Wildman–Crippen MR) is 35.3 cm³/mol. The Labute approximate surface area is 58.6 Å². The molecule has 10 heavy (non-hydrogen) atoms. The average molecular weight is 148 g/mol. The van der Waals surface area contributed by atoms with Crippen molar-refractivity contribution in [1.29, 1.82) is 0 Å². The van der Waals surface area contributed by atoms with E-state index in [1.54, 1.807) is 0 Å². The maximum atomic E-state index is 10.1. The molecule has 0 radical (unpaired) electrons. The van der Waals surface area contributed by atoms with Gasteiger partial charge in [0, 0.05) is 13.0 Å². The summed E-state index contributed by atoms with van der Waals surface area (Å²) >= 11 is 0. The molecule has 0 rings (SSSR count). The molecule has 0 bridgehead atoms. The lowest BCUT2D eigenvalue weighted by Crippen LogP contribution is -2.36. The molecule has 60 valence electrons. The quantitative estimate of drug-likeness (QED) is 0.372. The van der Waals surface area contributed by atoms with Gasteiger partial charge in [-0.15, -0.1) is 0 Å². The summed E-state index contributed by atoms with van der Waals surface area (Å²) in [4.78, 5) is 10.1. The van der Waals surface area contributed by atoms with Crippen LogP contribution >= 0.6 is 0 Å². The molecule has 0 saturated heterocycles. The smallest absolute Gasteiger partial charge is 0.320 e. The van der Waals surface area contributed by atoms with E-state index in [9.17, 15) is 4.79 Å². The number of aliphatic hydroxyl groups is 1. The molecule has 0 heterocycles. The molecule has 0 aliphatic rings. The van der Waals surface area contributed by atoms with Gasteiger partial charge in [-0.2, -0.15) is 0 Å².